The normalized spacial score (nSPS) is 16.0. The van der Waals surface area contributed by atoms with Crippen LogP contribution in [0.4, 0.5) is 4.79 Å². The van der Waals surface area contributed by atoms with Crippen LogP contribution in [0, 0.1) is 0 Å². The van der Waals surface area contributed by atoms with E-state index in [1.807, 2.05) is 62.1 Å². The Morgan fingerprint density at radius 1 is 0.706 bits per heavy atom. The van der Waals surface area contributed by atoms with Crippen LogP contribution < -0.4 is 40.7 Å². The lowest BCUT2D eigenvalue weighted by Crippen LogP contribution is -2.49. The topological polar surface area (TPSA) is 189 Å². The predicted molar refractivity (Wildman–Crippen MR) is 255 cm³/mol. The molecule has 2 aliphatic heterocycles. The van der Waals surface area contributed by atoms with Crippen molar-refractivity contribution in [2.45, 2.75) is 103 Å². The number of pyridine rings is 2. The van der Waals surface area contributed by atoms with Crippen molar-refractivity contribution in [2.75, 3.05) is 47.1 Å². The molecular formula is C51H60N6O11. The molecule has 2 N–H and O–H groups in total. The van der Waals surface area contributed by atoms with E-state index in [1.165, 1.54) is 23.8 Å². The number of carbonyl (C=O) groups is 4. The van der Waals surface area contributed by atoms with E-state index in [1.54, 1.807) is 29.9 Å². The smallest absolute Gasteiger partial charge is 0.410 e. The average Bonchev–Trinajstić information content (AvgIpc) is 4.29. The molecule has 3 fully saturated rings. The Labute approximate surface area is 394 Å². The summed E-state index contributed by atoms with van der Waals surface area (Å²) >= 11 is 0. The molecule has 0 unspecified atom stereocenters. The fourth-order valence-electron chi connectivity index (χ4n) is 8.57. The van der Waals surface area contributed by atoms with Crippen LogP contribution in [0.15, 0.2) is 76.3 Å². The Balaban J connectivity index is 0.000000237. The van der Waals surface area contributed by atoms with Crippen molar-refractivity contribution >= 4 is 46.0 Å². The van der Waals surface area contributed by atoms with Gasteiger partial charge in [-0.3, -0.25) is 19.2 Å². The zero-order valence-corrected chi connectivity index (χ0v) is 39.3. The molecular weight excluding hydrogens is 873 g/mol. The van der Waals surface area contributed by atoms with Crippen LogP contribution in [-0.4, -0.2) is 114 Å². The van der Waals surface area contributed by atoms with Crippen molar-refractivity contribution in [3.63, 3.8) is 0 Å². The second-order valence-corrected chi connectivity index (χ2v) is 18.6. The van der Waals surface area contributed by atoms with Gasteiger partial charge in [0.15, 0.2) is 11.5 Å². The van der Waals surface area contributed by atoms with Gasteiger partial charge in [0, 0.05) is 85.9 Å². The Morgan fingerprint density at radius 3 is 1.78 bits per heavy atom. The van der Waals surface area contributed by atoms with Crippen LogP contribution in [-0.2, 0) is 29.2 Å². The number of ether oxygens (including phenoxy) is 5. The first kappa shape index (κ1) is 47.6. The molecule has 4 aliphatic rings. The Bertz CT molecular complexity index is 2820. The maximum absolute atomic E-state index is 13.5. The monoisotopic (exact) mass is 932 g/mol. The van der Waals surface area contributed by atoms with E-state index < -0.39 is 5.60 Å². The molecule has 3 amide bonds. The SMILES string of the molecule is COc1ccc2c(C(=O)NC3CC3)cc(=O)n(CC=O)c2c1.COc1ccc2c(C(=O)NC3CC3)cc(=O)n(CCN3CCC(N(Cc4ccc5c(c4)OCCO5)C(=O)OC(C)(C)C)CC3)c2c1. The van der Waals surface area contributed by atoms with Gasteiger partial charge in [-0.05, 0) is 101 Å². The highest BCUT2D eigenvalue weighted by molar-refractivity contribution is 6.07. The van der Waals surface area contributed by atoms with Crippen LogP contribution >= 0.6 is 0 Å². The van der Waals surface area contributed by atoms with Gasteiger partial charge in [0.05, 0.1) is 42.9 Å². The average molecular weight is 933 g/mol. The second kappa shape index (κ2) is 20.6. The van der Waals surface area contributed by atoms with E-state index in [0.29, 0.717) is 89.7 Å². The Hall–Kier alpha value is -6.88. The second-order valence-electron chi connectivity index (χ2n) is 18.6. The molecule has 2 aliphatic carbocycles. The molecule has 17 heteroatoms. The van der Waals surface area contributed by atoms with Crippen molar-refractivity contribution in [1.82, 2.24) is 29.6 Å². The molecule has 0 spiro atoms. The molecule has 0 atom stereocenters. The number of methoxy groups -OCH3 is 2. The summed E-state index contributed by atoms with van der Waals surface area (Å²) in [4.78, 5) is 79.3. The molecule has 17 nitrogen and oxygen atoms in total. The molecule has 0 radical (unpaired) electrons. The number of nitrogens with one attached hydrogen (secondary N) is 2. The van der Waals surface area contributed by atoms with E-state index in [2.05, 4.69) is 15.5 Å². The van der Waals surface area contributed by atoms with Gasteiger partial charge >= 0.3 is 6.09 Å². The molecule has 9 rings (SSSR count). The third-order valence-electron chi connectivity index (χ3n) is 12.4. The lowest BCUT2D eigenvalue weighted by molar-refractivity contribution is -0.108. The lowest BCUT2D eigenvalue weighted by atomic mass is 10.0. The summed E-state index contributed by atoms with van der Waals surface area (Å²) in [6, 6.07) is 19.6. The summed E-state index contributed by atoms with van der Waals surface area (Å²) in [6.07, 6.45) is 5.75. The highest BCUT2D eigenvalue weighted by Crippen LogP contribution is 2.33. The summed E-state index contributed by atoms with van der Waals surface area (Å²) in [7, 11) is 3.11. The van der Waals surface area contributed by atoms with Gasteiger partial charge in [-0.15, -0.1) is 0 Å². The number of fused-ring (bicyclic) bond motifs is 3. The molecule has 360 valence electrons. The minimum atomic E-state index is -0.615. The van der Waals surface area contributed by atoms with E-state index in [0.717, 1.165) is 62.6 Å². The number of aldehydes is 1. The van der Waals surface area contributed by atoms with Crippen molar-refractivity contribution in [1.29, 1.82) is 0 Å². The third-order valence-corrected chi connectivity index (χ3v) is 12.4. The van der Waals surface area contributed by atoms with Crippen LogP contribution in [0.3, 0.4) is 0 Å². The largest absolute Gasteiger partial charge is 0.497 e. The number of likely N-dealkylation sites (tertiary alicyclic amines) is 1. The quantitative estimate of drug-likeness (QED) is 0.130. The van der Waals surface area contributed by atoms with Crippen molar-refractivity contribution in [3.05, 3.63) is 104 Å². The molecule has 68 heavy (non-hydrogen) atoms. The van der Waals surface area contributed by atoms with Crippen LogP contribution in [0.25, 0.3) is 21.8 Å². The number of rotatable bonds is 14. The van der Waals surface area contributed by atoms with Gasteiger partial charge < -0.3 is 58.0 Å². The van der Waals surface area contributed by atoms with Crippen LogP contribution in [0.2, 0.25) is 0 Å². The zero-order chi connectivity index (χ0) is 48.1. The molecule has 2 aromatic heterocycles. The van der Waals surface area contributed by atoms with E-state index >= 15 is 0 Å². The third kappa shape index (κ3) is 11.4. The first-order valence-corrected chi connectivity index (χ1v) is 23.3. The fourth-order valence-corrected chi connectivity index (χ4v) is 8.57. The summed E-state index contributed by atoms with van der Waals surface area (Å²) in [5, 5.41) is 7.24. The standard InChI is InChI=1S/C35H44N4O7.C16H16N2O4/c1-35(2,3)46-34(42)39(22-23-5-10-30-31(19-23)45-18-17-44-30)25-11-13-37(14-12-25)15-16-38-29-20-26(43-4)8-9-27(29)28(21-32(38)40)33(41)36-24-6-7-24;1-22-11-4-5-12-13(16(21)17-10-2-3-10)9-15(20)18(6-7-19)14(12)8-11/h5,8-10,19-21,24-25H,6-7,11-18,22H2,1-4H3,(H,36,41);4-5,7-10H,2-3,6H2,1H3,(H,17,21). The molecule has 4 heterocycles. The molecule has 2 saturated carbocycles. The molecule has 0 bridgehead atoms. The maximum atomic E-state index is 13.5. The number of benzene rings is 3. The number of piperidine rings is 1. The van der Waals surface area contributed by atoms with Crippen molar-refractivity contribution < 1.29 is 42.9 Å². The number of amides is 3. The summed E-state index contributed by atoms with van der Waals surface area (Å²) in [6.45, 7) is 9.65. The number of hydrogen-bond acceptors (Lipinski definition) is 12. The summed E-state index contributed by atoms with van der Waals surface area (Å²) < 4.78 is 31.0. The Morgan fingerprint density at radius 2 is 1.25 bits per heavy atom. The summed E-state index contributed by atoms with van der Waals surface area (Å²) in [5.74, 6) is 2.13. The number of carbonyl (C=O) groups excluding carboxylic acids is 4. The fraction of sp³-hybridized carbons (Fsp3) is 0.451. The Kier molecular flexibility index (Phi) is 14.4. The minimum Gasteiger partial charge on any atom is -0.497 e. The van der Waals surface area contributed by atoms with E-state index in [-0.39, 0.29) is 53.7 Å². The van der Waals surface area contributed by atoms with Gasteiger partial charge in [0.1, 0.15) is 36.6 Å². The zero-order valence-electron chi connectivity index (χ0n) is 39.3. The highest BCUT2D eigenvalue weighted by Gasteiger charge is 2.32. The van der Waals surface area contributed by atoms with Gasteiger partial charge in [-0.1, -0.05) is 6.07 Å². The summed E-state index contributed by atoms with van der Waals surface area (Å²) in [5.41, 5.74) is 1.66. The van der Waals surface area contributed by atoms with E-state index in [4.69, 9.17) is 23.7 Å². The number of nitrogens with zero attached hydrogens (tertiary/aromatic N) is 4. The first-order valence-electron chi connectivity index (χ1n) is 23.3. The van der Waals surface area contributed by atoms with E-state index in [9.17, 15) is 28.8 Å². The highest BCUT2D eigenvalue weighted by atomic mass is 16.6. The van der Waals surface area contributed by atoms with Crippen LogP contribution in [0.1, 0.15) is 85.6 Å². The number of aromatic nitrogens is 2. The number of hydrogen-bond donors (Lipinski definition) is 2. The van der Waals surface area contributed by atoms with Gasteiger partial charge in [-0.2, -0.15) is 0 Å². The molecule has 5 aromatic rings. The minimum absolute atomic E-state index is 0.00335. The predicted octanol–water partition coefficient (Wildman–Crippen LogP) is 5.68. The first-order chi connectivity index (χ1) is 32.7. The maximum Gasteiger partial charge on any atom is 0.410 e. The van der Waals surface area contributed by atoms with Gasteiger partial charge in [0.2, 0.25) is 0 Å². The molecule has 3 aromatic carbocycles. The van der Waals surface area contributed by atoms with Crippen molar-refractivity contribution in [3.8, 4) is 23.0 Å². The van der Waals surface area contributed by atoms with Gasteiger partial charge in [0.25, 0.3) is 22.9 Å². The molecule has 1 saturated heterocycles. The lowest BCUT2D eigenvalue weighted by Gasteiger charge is -2.39. The van der Waals surface area contributed by atoms with Crippen molar-refractivity contribution in [2.24, 2.45) is 0 Å². The van der Waals surface area contributed by atoms with Crippen LogP contribution in [0.5, 0.6) is 23.0 Å². The van der Waals surface area contributed by atoms with Gasteiger partial charge in [-0.25, -0.2) is 4.79 Å².